The Balaban J connectivity index is 2.04. The molecule has 2 rings (SSSR count). The van der Waals surface area contributed by atoms with Crippen molar-refractivity contribution in [3.8, 4) is 0 Å². The number of nitrogens with zero attached hydrogens (tertiary/aromatic N) is 2. The summed E-state index contributed by atoms with van der Waals surface area (Å²) in [5.74, 6) is -0.540. The van der Waals surface area contributed by atoms with Gasteiger partial charge in [-0.05, 0) is 31.1 Å². The molecule has 1 aliphatic carbocycles. The van der Waals surface area contributed by atoms with Crippen LogP contribution in [0.3, 0.4) is 0 Å². The van der Waals surface area contributed by atoms with Crippen molar-refractivity contribution >= 4 is 18.6 Å². The van der Waals surface area contributed by atoms with Crippen LogP contribution in [0.15, 0.2) is 0 Å². The summed E-state index contributed by atoms with van der Waals surface area (Å²) in [6.07, 6.45) is 6.52. The average Bonchev–Trinajstić information content (AvgIpc) is 3.13. The van der Waals surface area contributed by atoms with E-state index in [2.05, 4.69) is 0 Å². The highest BCUT2D eigenvalue weighted by Crippen LogP contribution is 2.54. The highest BCUT2D eigenvalue weighted by Gasteiger charge is 2.53. The topological polar surface area (TPSA) is 77.9 Å². The van der Waals surface area contributed by atoms with Gasteiger partial charge in [-0.3, -0.25) is 14.8 Å². The largest absolute Gasteiger partial charge is 0.332 e. The van der Waals surface area contributed by atoms with E-state index in [9.17, 15) is 19.6 Å². The minimum absolute atomic E-state index is 0.00257. The molecule has 2 atom stereocenters. The normalized spacial score (nSPS) is 23.9. The third kappa shape index (κ3) is 3.61. The van der Waals surface area contributed by atoms with Gasteiger partial charge < -0.3 is 9.69 Å². The summed E-state index contributed by atoms with van der Waals surface area (Å²) in [4.78, 5) is 36.2. The van der Waals surface area contributed by atoms with Crippen LogP contribution in [0.1, 0.15) is 45.4 Å². The van der Waals surface area contributed by atoms with E-state index in [0.29, 0.717) is 24.4 Å². The summed E-state index contributed by atoms with van der Waals surface area (Å²) in [5, 5.41) is 9.91. The summed E-state index contributed by atoms with van der Waals surface area (Å²) >= 11 is 0. The molecule has 2 aliphatic rings. The molecule has 1 saturated heterocycles. The lowest BCUT2D eigenvalue weighted by Crippen LogP contribution is -2.44. The maximum absolute atomic E-state index is 12.7. The monoisotopic (exact) mass is 296 g/mol. The summed E-state index contributed by atoms with van der Waals surface area (Å²) in [6, 6.07) is -0.340. The number of aldehydes is 1. The van der Waals surface area contributed by atoms with E-state index in [0.717, 1.165) is 38.4 Å². The molecule has 21 heavy (non-hydrogen) atoms. The second-order valence-electron chi connectivity index (χ2n) is 6.44. The fraction of sp³-hybridized carbons (Fsp3) is 0.800. The number of rotatable bonds is 8. The van der Waals surface area contributed by atoms with Gasteiger partial charge in [0.2, 0.25) is 12.3 Å². The van der Waals surface area contributed by atoms with E-state index in [1.807, 2.05) is 6.92 Å². The molecule has 1 spiro atoms. The van der Waals surface area contributed by atoms with E-state index < -0.39 is 5.92 Å². The molecule has 2 unspecified atom stereocenters. The Morgan fingerprint density at radius 2 is 2.19 bits per heavy atom. The van der Waals surface area contributed by atoms with Gasteiger partial charge in [0.15, 0.2) is 0 Å². The molecule has 2 fully saturated rings. The van der Waals surface area contributed by atoms with Crippen LogP contribution in [0.5, 0.6) is 0 Å². The number of likely N-dealkylation sites (tertiary alicyclic amines) is 1. The molecule has 1 N–H and O–H groups in total. The Labute approximate surface area is 125 Å². The zero-order valence-electron chi connectivity index (χ0n) is 12.5. The van der Waals surface area contributed by atoms with Crippen molar-refractivity contribution in [3.05, 3.63) is 0 Å². The van der Waals surface area contributed by atoms with Gasteiger partial charge in [0.05, 0.1) is 18.5 Å². The van der Waals surface area contributed by atoms with Crippen LogP contribution in [0, 0.1) is 11.3 Å². The van der Waals surface area contributed by atoms with Crippen molar-refractivity contribution in [2.24, 2.45) is 11.3 Å². The van der Waals surface area contributed by atoms with Crippen molar-refractivity contribution in [1.29, 1.82) is 0 Å². The number of carbonyl (C=O) groups excluding carboxylic acids is 3. The van der Waals surface area contributed by atoms with E-state index in [-0.39, 0.29) is 23.9 Å². The van der Waals surface area contributed by atoms with Crippen LogP contribution < -0.4 is 0 Å². The van der Waals surface area contributed by atoms with Crippen molar-refractivity contribution in [1.82, 2.24) is 9.96 Å². The molecule has 0 aromatic heterocycles. The molecular weight excluding hydrogens is 272 g/mol. The molecule has 2 amide bonds. The Morgan fingerprint density at radius 1 is 1.48 bits per heavy atom. The minimum Gasteiger partial charge on any atom is -0.332 e. The minimum atomic E-state index is -0.434. The van der Waals surface area contributed by atoms with Gasteiger partial charge in [0.1, 0.15) is 6.29 Å². The first-order valence-electron chi connectivity index (χ1n) is 7.72. The summed E-state index contributed by atoms with van der Waals surface area (Å²) in [7, 11) is 0. The molecule has 6 heteroatoms. The first kappa shape index (κ1) is 15.9. The van der Waals surface area contributed by atoms with E-state index in [1.165, 1.54) is 0 Å². The van der Waals surface area contributed by atoms with Crippen LogP contribution in [-0.4, -0.2) is 52.9 Å². The van der Waals surface area contributed by atoms with Crippen molar-refractivity contribution in [2.45, 2.75) is 51.5 Å². The Kier molecular flexibility index (Phi) is 4.98. The van der Waals surface area contributed by atoms with Gasteiger partial charge in [-0.1, -0.05) is 19.8 Å². The molecule has 118 valence electrons. The molecule has 0 aromatic carbocycles. The zero-order valence-corrected chi connectivity index (χ0v) is 12.5. The Bertz CT molecular complexity index is 408. The number of hydrogen-bond donors (Lipinski definition) is 1. The number of unbranched alkanes of at least 4 members (excludes halogenated alkanes) is 1. The molecule has 0 aromatic rings. The maximum Gasteiger partial charge on any atom is 0.233 e. The maximum atomic E-state index is 12.7. The standard InChI is InChI=1S/C15H24N2O4/c1-2-3-4-12(8-16(21)11-19)14(20)17-10-15(5-6-15)7-13(17)9-18/h9,11-13,21H,2-8,10H2,1H3. The third-order valence-corrected chi connectivity index (χ3v) is 4.73. The van der Waals surface area contributed by atoms with Crippen molar-refractivity contribution in [2.75, 3.05) is 13.1 Å². The van der Waals surface area contributed by atoms with Gasteiger partial charge in [-0.15, -0.1) is 0 Å². The summed E-state index contributed by atoms with van der Waals surface area (Å²) in [6.45, 7) is 2.67. The van der Waals surface area contributed by atoms with Crippen molar-refractivity contribution in [3.63, 3.8) is 0 Å². The van der Waals surface area contributed by atoms with Gasteiger partial charge in [0.25, 0.3) is 0 Å². The zero-order chi connectivity index (χ0) is 15.5. The Hall–Kier alpha value is -1.43. The molecule has 0 radical (unpaired) electrons. The highest BCUT2D eigenvalue weighted by atomic mass is 16.5. The van der Waals surface area contributed by atoms with Gasteiger partial charge in [0, 0.05) is 6.54 Å². The summed E-state index contributed by atoms with van der Waals surface area (Å²) < 4.78 is 0. The van der Waals surface area contributed by atoms with Gasteiger partial charge in [-0.2, -0.15) is 0 Å². The second-order valence-corrected chi connectivity index (χ2v) is 6.44. The van der Waals surface area contributed by atoms with E-state index in [1.54, 1.807) is 4.90 Å². The number of hydrogen-bond acceptors (Lipinski definition) is 4. The first-order valence-corrected chi connectivity index (χ1v) is 7.72. The van der Waals surface area contributed by atoms with E-state index in [4.69, 9.17) is 0 Å². The quantitative estimate of drug-likeness (QED) is 0.415. The van der Waals surface area contributed by atoms with Crippen LogP contribution in [-0.2, 0) is 14.4 Å². The molecule has 1 saturated carbocycles. The molecule has 0 bridgehead atoms. The van der Waals surface area contributed by atoms with Gasteiger partial charge >= 0.3 is 0 Å². The predicted molar refractivity (Wildman–Crippen MR) is 75.4 cm³/mol. The molecule has 1 aliphatic heterocycles. The second kappa shape index (κ2) is 6.56. The van der Waals surface area contributed by atoms with Crippen LogP contribution >= 0.6 is 0 Å². The fourth-order valence-corrected chi connectivity index (χ4v) is 3.25. The van der Waals surface area contributed by atoms with E-state index >= 15 is 0 Å². The fourth-order valence-electron chi connectivity index (χ4n) is 3.25. The average molecular weight is 296 g/mol. The first-order chi connectivity index (χ1) is 10.0. The Morgan fingerprint density at radius 3 is 2.71 bits per heavy atom. The lowest BCUT2D eigenvalue weighted by Gasteiger charge is -2.27. The lowest BCUT2D eigenvalue weighted by atomic mass is 10.00. The third-order valence-electron chi connectivity index (χ3n) is 4.73. The van der Waals surface area contributed by atoms with Crippen LogP contribution in [0.4, 0.5) is 0 Å². The number of carbonyl (C=O) groups is 3. The lowest BCUT2D eigenvalue weighted by molar-refractivity contribution is -0.157. The smallest absolute Gasteiger partial charge is 0.233 e. The predicted octanol–water partition coefficient (Wildman–Crippen LogP) is 1.22. The highest BCUT2D eigenvalue weighted by molar-refractivity contribution is 5.83. The molecule has 6 nitrogen and oxygen atoms in total. The SMILES string of the molecule is CCCCC(CN(O)C=O)C(=O)N1CC2(CC2)CC1C=O. The molecular formula is C15H24N2O4. The number of hydroxylamine groups is 2. The van der Waals surface area contributed by atoms with Crippen LogP contribution in [0.2, 0.25) is 0 Å². The van der Waals surface area contributed by atoms with Gasteiger partial charge in [-0.25, -0.2) is 5.06 Å². The molecule has 1 heterocycles. The van der Waals surface area contributed by atoms with Crippen LogP contribution in [0.25, 0.3) is 0 Å². The number of amides is 2. The summed E-state index contributed by atoms with van der Waals surface area (Å²) in [5.41, 5.74) is 0.167. The van der Waals surface area contributed by atoms with Crippen molar-refractivity contribution < 1.29 is 19.6 Å².